The number of nitrogens with zero attached hydrogens (tertiary/aromatic N) is 1. The molecule has 1 atom stereocenters. The van der Waals surface area contributed by atoms with Crippen molar-refractivity contribution < 1.29 is 14.2 Å². The van der Waals surface area contributed by atoms with Gasteiger partial charge in [-0.1, -0.05) is 24.3 Å². The Morgan fingerprint density at radius 1 is 1.07 bits per heavy atom. The summed E-state index contributed by atoms with van der Waals surface area (Å²) in [5.74, 6) is 1.98. The van der Waals surface area contributed by atoms with E-state index in [9.17, 15) is 0 Å². The maximum Gasteiger partial charge on any atom is 0.124 e. The molecule has 0 saturated carbocycles. The average molecular weight is 397 g/mol. The third-order valence-corrected chi connectivity index (χ3v) is 5.63. The summed E-state index contributed by atoms with van der Waals surface area (Å²) in [6.07, 6.45) is 1.20. The standard InChI is InChI=1S/C24H32N2O3/c1-3-28-23-13-21-12-18(2)29-24(21)14-22(23)16-25-15-19-6-4-5-7-20(19)17-26-8-10-27-11-9-26/h4-7,13-14,18,25H,3,8-12,15-17H2,1-2H3/t18-/m1/s1. The zero-order valence-corrected chi connectivity index (χ0v) is 17.6. The number of fused-ring (bicyclic) bond motifs is 1. The van der Waals surface area contributed by atoms with Gasteiger partial charge in [-0.15, -0.1) is 0 Å². The molecule has 0 amide bonds. The first-order valence-corrected chi connectivity index (χ1v) is 10.8. The van der Waals surface area contributed by atoms with Gasteiger partial charge in [0.05, 0.1) is 19.8 Å². The Hall–Kier alpha value is -2.08. The van der Waals surface area contributed by atoms with E-state index >= 15 is 0 Å². The predicted molar refractivity (Wildman–Crippen MR) is 114 cm³/mol. The second kappa shape index (κ2) is 9.61. The molecule has 2 heterocycles. The van der Waals surface area contributed by atoms with Crippen LogP contribution in [0.3, 0.4) is 0 Å². The molecule has 0 spiro atoms. The largest absolute Gasteiger partial charge is 0.494 e. The number of benzene rings is 2. The van der Waals surface area contributed by atoms with E-state index in [1.54, 1.807) is 0 Å². The summed E-state index contributed by atoms with van der Waals surface area (Å²) in [4.78, 5) is 2.47. The van der Waals surface area contributed by atoms with Crippen molar-refractivity contribution in [2.45, 2.75) is 46.0 Å². The molecule has 1 fully saturated rings. The van der Waals surface area contributed by atoms with Crippen LogP contribution in [0.5, 0.6) is 11.5 Å². The summed E-state index contributed by atoms with van der Waals surface area (Å²) < 4.78 is 17.3. The van der Waals surface area contributed by atoms with E-state index < -0.39 is 0 Å². The fourth-order valence-electron chi connectivity index (χ4n) is 4.13. The van der Waals surface area contributed by atoms with E-state index in [0.29, 0.717) is 6.61 Å². The normalized spacial score (nSPS) is 19.0. The predicted octanol–water partition coefficient (Wildman–Crippen LogP) is 3.53. The number of hydrogen-bond acceptors (Lipinski definition) is 5. The van der Waals surface area contributed by atoms with E-state index in [-0.39, 0.29) is 6.10 Å². The highest BCUT2D eigenvalue weighted by Gasteiger charge is 2.21. The third kappa shape index (κ3) is 5.10. The van der Waals surface area contributed by atoms with Crippen LogP contribution in [-0.2, 0) is 30.8 Å². The van der Waals surface area contributed by atoms with Crippen molar-refractivity contribution in [3.05, 3.63) is 58.7 Å². The second-order valence-corrected chi connectivity index (χ2v) is 7.89. The summed E-state index contributed by atoms with van der Waals surface area (Å²) in [5.41, 5.74) is 5.15. The van der Waals surface area contributed by atoms with Crippen molar-refractivity contribution in [2.75, 3.05) is 32.9 Å². The summed E-state index contributed by atoms with van der Waals surface area (Å²) in [7, 11) is 0. The molecule has 5 heteroatoms. The molecule has 29 heavy (non-hydrogen) atoms. The maximum atomic E-state index is 5.95. The van der Waals surface area contributed by atoms with Crippen LogP contribution in [0.2, 0.25) is 0 Å². The van der Waals surface area contributed by atoms with Crippen molar-refractivity contribution in [3.8, 4) is 11.5 Å². The zero-order valence-electron chi connectivity index (χ0n) is 17.6. The lowest BCUT2D eigenvalue weighted by atomic mass is 10.1. The molecule has 156 valence electrons. The highest BCUT2D eigenvalue weighted by molar-refractivity contribution is 5.48. The number of nitrogens with one attached hydrogen (secondary N) is 1. The van der Waals surface area contributed by atoms with E-state index in [1.807, 2.05) is 6.92 Å². The van der Waals surface area contributed by atoms with Gasteiger partial charge in [-0.25, -0.2) is 0 Å². The molecule has 2 aliphatic heterocycles. The Balaban J connectivity index is 1.41. The van der Waals surface area contributed by atoms with E-state index in [2.05, 4.69) is 53.5 Å². The van der Waals surface area contributed by atoms with Gasteiger partial charge in [-0.2, -0.15) is 0 Å². The Kier molecular flexibility index (Phi) is 6.70. The number of morpholine rings is 1. The van der Waals surface area contributed by atoms with E-state index in [0.717, 1.165) is 69.4 Å². The highest BCUT2D eigenvalue weighted by Crippen LogP contribution is 2.35. The minimum absolute atomic E-state index is 0.245. The lowest BCUT2D eigenvalue weighted by molar-refractivity contribution is 0.0340. The van der Waals surface area contributed by atoms with Gasteiger partial charge in [0.15, 0.2) is 0 Å². The molecule has 0 unspecified atom stereocenters. The topological polar surface area (TPSA) is 43.0 Å². The van der Waals surface area contributed by atoms with Gasteiger partial charge in [0, 0.05) is 50.3 Å². The van der Waals surface area contributed by atoms with Crippen LogP contribution >= 0.6 is 0 Å². The summed E-state index contributed by atoms with van der Waals surface area (Å²) in [5, 5.41) is 3.62. The van der Waals surface area contributed by atoms with Crippen LogP contribution < -0.4 is 14.8 Å². The monoisotopic (exact) mass is 396 g/mol. The van der Waals surface area contributed by atoms with Crippen molar-refractivity contribution in [1.82, 2.24) is 10.2 Å². The van der Waals surface area contributed by atoms with Crippen LogP contribution in [0.25, 0.3) is 0 Å². The minimum Gasteiger partial charge on any atom is -0.494 e. The lowest BCUT2D eigenvalue weighted by Crippen LogP contribution is -2.36. The molecule has 2 aromatic carbocycles. The maximum absolute atomic E-state index is 5.95. The second-order valence-electron chi connectivity index (χ2n) is 7.89. The first kappa shape index (κ1) is 20.2. The first-order valence-electron chi connectivity index (χ1n) is 10.8. The molecule has 1 saturated heterocycles. The molecule has 4 rings (SSSR count). The van der Waals surface area contributed by atoms with Gasteiger partial charge in [0.1, 0.15) is 17.6 Å². The van der Waals surface area contributed by atoms with Gasteiger partial charge in [0.25, 0.3) is 0 Å². The molecule has 2 aliphatic rings. The van der Waals surface area contributed by atoms with Crippen LogP contribution in [0, 0.1) is 0 Å². The van der Waals surface area contributed by atoms with Crippen LogP contribution in [0.4, 0.5) is 0 Å². The number of ether oxygens (including phenoxy) is 3. The molecule has 0 aromatic heterocycles. The fourth-order valence-corrected chi connectivity index (χ4v) is 4.13. The lowest BCUT2D eigenvalue weighted by Gasteiger charge is -2.27. The van der Waals surface area contributed by atoms with Gasteiger partial charge in [-0.3, -0.25) is 4.90 Å². The van der Waals surface area contributed by atoms with Crippen LogP contribution in [-0.4, -0.2) is 43.9 Å². The van der Waals surface area contributed by atoms with Gasteiger partial charge in [-0.05, 0) is 37.1 Å². The van der Waals surface area contributed by atoms with Gasteiger partial charge >= 0.3 is 0 Å². The molecular formula is C24H32N2O3. The average Bonchev–Trinajstić information content (AvgIpc) is 3.09. The van der Waals surface area contributed by atoms with Gasteiger partial charge < -0.3 is 19.5 Å². The molecular weight excluding hydrogens is 364 g/mol. The molecule has 1 N–H and O–H groups in total. The van der Waals surface area contributed by atoms with Crippen molar-refractivity contribution in [1.29, 1.82) is 0 Å². The molecule has 2 aromatic rings. The Labute approximate surface area is 174 Å². The molecule has 5 nitrogen and oxygen atoms in total. The summed E-state index contributed by atoms with van der Waals surface area (Å²) >= 11 is 0. The Bertz CT molecular complexity index is 818. The van der Waals surface area contributed by atoms with Crippen LogP contribution in [0.1, 0.15) is 36.1 Å². The molecule has 0 bridgehead atoms. The zero-order chi connectivity index (χ0) is 20.1. The summed E-state index contributed by atoms with van der Waals surface area (Å²) in [6, 6.07) is 13.0. The minimum atomic E-state index is 0.245. The third-order valence-electron chi connectivity index (χ3n) is 5.63. The Morgan fingerprint density at radius 3 is 2.62 bits per heavy atom. The number of rotatable bonds is 8. The van der Waals surface area contributed by atoms with Gasteiger partial charge in [0.2, 0.25) is 0 Å². The van der Waals surface area contributed by atoms with E-state index in [4.69, 9.17) is 14.2 Å². The molecule has 0 aliphatic carbocycles. The van der Waals surface area contributed by atoms with Crippen molar-refractivity contribution in [2.24, 2.45) is 0 Å². The first-order chi connectivity index (χ1) is 14.2. The fraction of sp³-hybridized carbons (Fsp3) is 0.500. The van der Waals surface area contributed by atoms with Crippen LogP contribution in [0.15, 0.2) is 36.4 Å². The SMILES string of the molecule is CCOc1cc2c(cc1CNCc1ccccc1CN1CCOCC1)O[C@H](C)C2. The Morgan fingerprint density at radius 2 is 1.83 bits per heavy atom. The quantitative estimate of drug-likeness (QED) is 0.739. The molecule has 0 radical (unpaired) electrons. The summed E-state index contributed by atoms with van der Waals surface area (Å²) in [6.45, 7) is 11.1. The smallest absolute Gasteiger partial charge is 0.124 e. The van der Waals surface area contributed by atoms with Crippen molar-refractivity contribution in [3.63, 3.8) is 0 Å². The van der Waals surface area contributed by atoms with E-state index in [1.165, 1.54) is 16.7 Å². The number of hydrogen-bond donors (Lipinski definition) is 1. The highest BCUT2D eigenvalue weighted by atomic mass is 16.5. The van der Waals surface area contributed by atoms with Crippen molar-refractivity contribution >= 4 is 0 Å².